The van der Waals surface area contributed by atoms with Crippen molar-refractivity contribution >= 4 is 33.4 Å². The first kappa shape index (κ1) is 20.7. The Kier molecular flexibility index (Phi) is 4.81. The second kappa shape index (κ2) is 7.44. The molecule has 0 radical (unpaired) electrons. The van der Waals surface area contributed by atoms with Crippen molar-refractivity contribution in [1.82, 2.24) is 9.21 Å². The van der Waals surface area contributed by atoms with Crippen molar-refractivity contribution in [3.63, 3.8) is 0 Å². The van der Waals surface area contributed by atoms with E-state index in [9.17, 15) is 22.8 Å². The van der Waals surface area contributed by atoms with Gasteiger partial charge in [0.15, 0.2) is 0 Å². The van der Waals surface area contributed by atoms with Crippen molar-refractivity contribution in [2.24, 2.45) is 0 Å². The number of amides is 3. The lowest BCUT2D eigenvalue weighted by molar-refractivity contribution is 0.0791. The summed E-state index contributed by atoms with van der Waals surface area (Å²) in [5, 5.41) is 2.79. The van der Waals surface area contributed by atoms with Crippen LogP contribution in [0, 0.1) is 6.92 Å². The summed E-state index contributed by atoms with van der Waals surface area (Å²) in [6, 6.07) is 8.98. The average molecular weight is 454 g/mol. The highest BCUT2D eigenvalue weighted by Crippen LogP contribution is 2.39. The number of sulfonamides is 1. The average Bonchev–Trinajstić information content (AvgIpc) is 3.38. The number of nitrogens with one attached hydrogen (secondary N) is 1. The first-order valence-corrected chi connectivity index (χ1v) is 12.2. The molecular weight excluding hydrogens is 430 g/mol. The number of carbonyl (C=O) groups is 3. The summed E-state index contributed by atoms with van der Waals surface area (Å²) in [4.78, 5) is 39.9. The lowest BCUT2D eigenvalue weighted by Crippen LogP contribution is -2.31. The fraction of sp³-hybridized carbons (Fsp3) is 0.348. The second-order valence-electron chi connectivity index (χ2n) is 8.48. The molecule has 2 aromatic carbocycles. The molecule has 2 aliphatic heterocycles. The Balaban J connectivity index is 1.41. The lowest BCUT2D eigenvalue weighted by Gasteiger charge is -2.18. The minimum Gasteiger partial charge on any atom is -0.339 e. The van der Waals surface area contributed by atoms with Crippen molar-refractivity contribution < 1.29 is 22.8 Å². The van der Waals surface area contributed by atoms with Crippen LogP contribution in [0.2, 0.25) is 0 Å². The van der Waals surface area contributed by atoms with E-state index in [0.717, 1.165) is 30.2 Å². The number of hydrogen-bond donors (Lipinski definition) is 1. The van der Waals surface area contributed by atoms with Crippen molar-refractivity contribution in [3.05, 3.63) is 58.7 Å². The zero-order valence-electron chi connectivity index (χ0n) is 17.6. The highest BCUT2D eigenvalue weighted by Gasteiger charge is 2.48. The molecule has 0 spiro atoms. The van der Waals surface area contributed by atoms with Crippen LogP contribution < -0.4 is 5.32 Å². The zero-order valence-corrected chi connectivity index (χ0v) is 18.4. The molecule has 0 bridgehead atoms. The third-order valence-electron chi connectivity index (χ3n) is 6.30. The highest BCUT2D eigenvalue weighted by atomic mass is 32.2. The van der Waals surface area contributed by atoms with Gasteiger partial charge >= 0.3 is 0 Å². The van der Waals surface area contributed by atoms with Gasteiger partial charge in [-0.1, -0.05) is 6.07 Å². The normalized spacial score (nSPS) is 19.2. The van der Waals surface area contributed by atoms with Crippen LogP contribution >= 0.6 is 0 Å². The monoisotopic (exact) mass is 453 g/mol. The van der Waals surface area contributed by atoms with Gasteiger partial charge in [0, 0.05) is 35.9 Å². The van der Waals surface area contributed by atoms with Gasteiger partial charge in [-0.15, -0.1) is 0 Å². The predicted octanol–water partition coefficient (Wildman–Crippen LogP) is 2.79. The number of rotatable bonds is 4. The zero-order chi connectivity index (χ0) is 22.6. The van der Waals surface area contributed by atoms with Crippen LogP contribution in [0.4, 0.5) is 5.69 Å². The lowest BCUT2D eigenvalue weighted by atomic mass is 10.0. The van der Waals surface area contributed by atoms with E-state index in [0.29, 0.717) is 29.7 Å². The van der Waals surface area contributed by atoms with E-state index in [1.807, 2.05) is 4.90 Å². The number of carbonyl (C=O) groups excluding carboxylic acids is 3. The Labute approximate surface area is 186 Å². The van der Waals surface area contributed by atoms with Crippen LogP contribution in [0.15, 0.2) is 41.3 Å². The minimum absolute atomic E-state index is 0.0570. The standard InChI is InChI=1S/C23H23N3O5S/c1-14-17(22(28)25-11-2-3-12-25)5-4-6-19(14)24-21(27)15-7-10-18-20(13-15)32(30,31)26(23(18)29)16-8-9-16/h4-7,10,13,16H,2-3,8-9,11-12H2,1H3,(H,24,27). The summed E-state index contributed by atoms with van der Waals surface area (Å²) in [6.45, 7) is 3.24. The van der Waals surface area contributed by atoms with Crippen molar-refractivity contribution in [2.75, 3.05) is 18.4 Å². The Morgan fingerprint density at radius 3 is 2.47 bits per heavy atom. The van der Waals surface area contributed by atoms with E-state index in [2.05, 4.69) is 5.32 Å². The molecule has 0 aromatic heterocycles. The molecule has 1 saturated heterocycles. The van der Waals surface area contributed by atoms with Crippen molar-refractivity contribution in [2.45, 2.75) is 43.5 Å². The maximum Gasteiger partial charge on any atom is 0.269 e. The number of likely N-dealkylation sites (tertiary alicyclic amines) is 1. The summed E-state index contributed by atoms with van der Waals surface area (Å²) < 4.78 is 26.6. The summed E-state index contributed by atoms with van der Waals surface area (Å²) in [5.41, 5.74) is 1.91. The molecule has 5 rings (SSSR count). The van der Waals surface area contributed by atoms with Crippen LogP contribution in [0.5, 0.6) is 0 Å². The van der Waals surface area contributed by atoms with Gasteiger partial charge in [-0.25, -0.2) is 12.7 Å². The second-order valence-corrected chi connectivity index (χ2v) is 10.3. The molecule has 9 heteroatoms. The van der Waals surface area contributed by atoms with E-state index >= 15 is 0 Å². The van der Waals surface area contributed by atoms with Gasteiger partial charge in [-0.2, -0.15) is 0 Å². The van der Waals surface area contributed by atoms with Crippen LogP contribution in [-0.4, -0.2) is 54.5 Å². The van der Waals surface area contributed by atoms with Gasteiger partial charge in [-0.3, -0.25) is 14.4 Å². The summed E-state index contributed by atoms with van der Waals surface area (Å²) in [5.74, 6) is -1.09. The van der Waals surface area contributed by atoms with E-state index in [1.165, 1.54) is 18.2 Å². The Bertz CT molecular complexity index is 1260. The number of hydrogen-bond acceptors (Lipinski definition) is 5. The van der Waals surface area contributed by atoms with E-state index < -0.39 is 21.8 Å². The van der Waals surface area contributed by atoms with Gasteiger partial charge in [0.25, 0.3) is 27.7 Å². The molecule has 2 heterocycles. The Morgan fingerprint density at radius 1 is 1.06 bits per heavy atom. The third-order valence-corrected chi connectivity index (χ3v) is 8.17. The van der Waals surface area contributed by atoms with Gasteiger partial charge in [0.2, 0.25) is 0 Å². The van der Waals surface area contributed by atoms with Gasteiger partial charge < -0.3 is 10.2 Å². The van der Waals surface area contributed by atoms with Crippen molar-refractivity contribution in [3.8, 4) is 0 Å². The Morgan fingerprint density at radius 2 is 1.78 bits per heavy atom. The SMILES string of the molecule is Cc1c(NC(=O)c2ccc3c(c2)S(=O)(=O)N(C2CC2)C3=O)cccc1C(=O)N1CCCC1. The van der Waals surface area contributed by atoms with Crippen LogP contribution in [-0.2, 0) is 10.0 Å². The number of fused-ring (bicyclic) bond motifs is 1. The van der Waals surface area contributed by atoms with E-state index in [1.54, 1.807) is 25.1 Å². The maximum absolute atomic E-state index is 12.9. The molecule has 2 aromatic rings. The van der Waals surface area contributed by atoms with E-state index in [4.69, 9.17) is 0 Å². The molecular formula is C23H23N3O5S. The minimum atomic E-state index is -3.94. The molecule has 0 unspecified atom stereocenters. The third kappa shape index (κ3) is 3.28. The summed E-state index contributed by atoms with van der Waals surface area (Å²) in [7, 11) is -3.94. The van der Waals surface area contributed by atoms with Crippen LogP contribution in [0.1, 0.15) is 62.3 Å². The van der Waals surface area contributed by atoms with Gasteiger partial charge in [0.05, 0.1) is 5.56 Å². The largest absolute Gasteiger partial charge is 0.339 e. The number of nitrogens with zero attached hydrogens (tertiary/aromatic N) is 2. The van der Waals surface area contributed by atoms with Crippen molar-refractivity contribution in [1.29, 1.82) is 0 Å². The summed E-state index contributed by atoms with van der Waals surface area (Å²) in [6.07, 6.45) is 3.31. The molecule has 3 amide bonds. The first-order valence-electron chi connectivity index (χ1n) is 10.7. The molecule has 0 atom stereocenters. The molecule has 1 N–H and O–H groups in total. The fourth-order valence-electron chi connectivity index (χ4n) is 4.35. The van der Waals surface area contributed by atoms with Crippen LogP contribution in [0.3, 0.4) is 0 Å². The van der Waals surface area contributed by atoms with Gasteiger partial charge in [0.1, 0.15) is 4.90 Å². The van der Waals surface area contributed by atoms with Crippen LogP contribution in [0.25, 0.3) is 0 Å². The molecule has 8 nitrogen and oxygen atoms in total. The smallest absolute Gasteiger partial charge is 0.269 e. The molecule has 166 valence electrons. The van der Waals surface area contributed by atoms with Gasteiger partial charge in [-0.05, 0) is 68.5 Å². The quantitative estimate of drug-likeness (QED) is 0.767. The first-order chi connectivity index (χ1) is 15.3. The predicted molar refractivity (Wildman–Crippen MR) is 117 cm³/mol. The Hall–Kier alpha value is -3.20. The summed E-state index contributed by atoms with van der Waals surface area (Å²) >= 11 is 0. The topological polar surface area (TPSA) is 104 Å². The molecule has 2 fully saturated rings. The maximum atomic E-state index is 12.9. The molecule has 32 heavy (non-hydrogen) atoms. The fourth-order valence-corrected chi connectivity index (χ4v) is 6.19. The highest BCUT2D eigenvalue weighted by molar-refractivity contribution is 7.90. The molecule has 1 aliphatic carbocycles. The number of benzene rings is 2. The molecule has 3 aliphatic rings. The van der Waals surface area contributed by atoms with E-state index in [-0.39, 0.29) is 28.0 Å². The number of anilines is 1. The molecule has 1 saturated carbocycles.